The molecule has 0 aliphatic rings. The highest BCUT2D eigenvalue weighted by atomic mass is 35.5. The number of thiazole rings is 1. The molecule has 0 bridgehead atoms. The number of aromatic nitrogens is 1. The van der Waals surface area contributed by atoms with Crippen LogP contribution in [-0.2, 0) is 6.54 Å². The summed E-state index contributed by atoms with van der Waals surface area (Å²) >= 11 is 7.06. The Morgan fingerprint density at radius 3 is 2.40 bits per heavy atom. The molecule has 0 fully saturated rings. The van der Waals surface area contributed by atoms with E-state index in [1.807, 2.05) is 40.7 Å². The minimum atomic E-state index is -0.626. The number of aliphatic hydroxyl groups is 3. The smallest absolute Gasteiger partial charge is 0.395 e. The summed E-state index contributed by atoms with van der Waals surface area (Å²) in [5.41, 5.74) is 1.59. The molecule has 1 aromatic heterocycles. The van der Waals surface area contributed by atoms with Gasteiger partial charge in [0.2, 0.25) is 0 Å². The average Bonchev–Trinajstić information content (AvgIpc) is 3.07. The number of anilines is 1. The molecule has 3 N–H and O–H groups in total. The topological polar surface area (TPSA) is 92.5 Å². The molecule has 0 aliphatic carbocycles. The van der Waals surface area contributed by atoms with E-state index < -0.39 is 6.10 Å². The van der Waals surface area contributed by atoms with E-state index in [0.29, 0.717) is 30.5 Å². The zero-order valence-electron chi connectivity index (χ0n) is 13.7. The molecule has 9 heteroatoms. The van der Waals surface area contributed by atoms with Crippen molar-refractivity contribution in [2.24, 2.45) is 10.2 Å². The highest BCUT2D eigenvalue weighted by molar-refractivity contribution is 7.12. The molecule has 0 aliphatic heterocycles. The molecular formula is C16H22ClN4O3S+. The minimum Gasteiger partial charge on any atom is -0.395 e. The van der Waals surface area contributed by atoms with Gasteiger partial charge in [0.15, 0.2) is 0 Å². The fourth-order valence-electron chi connectivity index (χ4n) is 2.23. The van der Waals surface area contributed by atoms with Crippen molar-refractivity contribution in [2.75, 3.05) is 37.1 Å². The Hall–Kier alpha value is -1.58. The van der Waals surface area contributed by atoms with Gasteiger partial charge in [-0.1, -0.05) is 0 Å². The van der Waals surface area contributed by atoms with Gasteiger partial charge in [-0.3, -0.25) is 0 Å². The van der Waals surface area contributed by atoms with Crippen LogP contribution < -0.4 is 9.47 Å². The van der Waals surface area contributed by atoms with Gasteiger partial charge >= 0.3 is 5.13 Å². The number of aliphatic hydroxyl groups excluding tert-OH is 3. The minimum absolute atomic E-state index is 0.0218. The molecule has 0 amide bonds. The normalized spacial score (nSPS) is 12.6. The molecule has 1 heterocycles. The zero-order chi connectivity index (χ0) is 18.1. The number of alkyl halides is 1. The molecule has 1 atom stereocenters. The number of halogens is 1. The Morgan fingerprint density at radius 2 is 1.80 bits per heavy atom. The lowest BCUT2D eigenvalue weighted by atomic mass is 10.2. The van der Waals surface area contributed by atoms with Gasteiger partial charge in [-0.2, -0.15) is 0 Å². The van der Waals surface area contributed by atoms with Crippen LogP contribution in [0.1, 0.15) is 0 Å². The monoisotopic (exact) mass is 385 g/mol. The summed E-state index contributed by atoms with van der Waals surface area (Å²) in [7, 11) is 0. The number of rotatable bonds is 10. The third-order valence-electron chi connectivity index (χ3n) is 3.45. The first-order chi connectivity index (χ1) is 12.2. The summed E-state index contributed by atoms with van der Waals surface area (Å²) in [6.07, 6.45) is 1.21. The predicted octanol–water partition coefficient (Wildman–Crippen LogP) is 1.84. The van der Waals surface area contributed by atoms with Gasteiger partial charge < -0.3 is 20.2 Å². The van der Waals surface area contributed by atoms with Crippen molar-refractivity contribution in [3.8, 4) is 0 Å². The van der Waals surface area contributed by atoms with Crippen LogP contribution in [0.4, 0.5) is 16.5 Å². The van der Waals surface area contributed by atoms with Crippen molar-refractivity contribution in [1.29, 1.82) is 0 Å². The van der Waals surface area contributed by atoms with Crippen molar-refractivity contribution in [1.82, 2.24) is 0 Å². The van der Waals surface area contributed by atoms with Crippen LogP contribution in [0.3, 0.4) is 0 Å². The predicted molar refractivity (Wildman–Crippen MR) is 98.2 cm³/mol. The number of benzene rings is 1. The Kier molecular flexibility index (Phi) is 8.23. The first-order valence-electron chi connectivity index (χ1n) is 7.87. The molecule has 1 aromatic carbocycles. The van der Waals surface area contributed by atoms with Gasteiger partial charge in [0.05, 0.1) is 24.2 Å². The summed E-state index contributed by atoms with van der Waals surface area (Å²) in [4.78, 5) is 1.89. The average molecular weight is 386 g/mol. The van der Waals surface area contributed by atoms with Gasteiger partial charge in [-0.25, -0.2) is 4.57 Å². The van der Waals surface area contributed by atoms with E-state index >= 15 is 0 Å². The quantitative estimate of drug-likeness (QED) is 0.330. The van der Waals surface area contributed by atoms with Gasteiger partial charge in [0.25, 0.3) is 0 Å². The molecular weight excluding hydrogens is 364 g/mol. The van der Waals surface area contributed by atoms with E-state index in [-0.39, 0.29) is 19.1 Å². The third-order valence-corrected chi connectivity index (χ3v) is 4.59. The first kappa shape index (κ1) is 19.7. The van der Waals surface area contributed by atoms with Crippen LogP contribution in [0.25, 0.3) is 0 Å². The lowest BCUT2D eigenvalue weighted by molar-refractivity contribution is -0.686. The highest BCUT2D eigenvalue weighted by Crippen LogP contribution is 2.22. The maximum atomic E-state index is 9.65. The van der Waals surface area contributed by atoms with Crippen LogP contribution in [0.5, 0.6) is 0 Å². The van der Waals surface area contributed by atoms with Crippen LogP contribution in [0.15, 0.2) is 46.1 Å². The Bertz CT molecular complexity index is 660. The summed E-state index contributed by atoms with van der Waals surface area (Å²) in [5, 5.41) is 38.8. The fourth-order valence-corrected chi connectivity index (χ4v) is 3.02. The van der Waals surface area contributed by atoms with Crippen LogP contribution in [-0.4, -0.2) is 53.6 Å². The van der Waals surface area contributed by atoms with E-state index in [9.17, 15) is 5.11 Å². The number of hydrogen-bond donors (Lipinski definition) is 3. The lowest BCUT2D eigenvalue weighted by Gasteiger charge is -2.22. The number of nitrogens with zero attached hydrogens (tertiary/aromatic N) is 4. The van der Waals surface area contributed by atoms with Gasteiger partial charge in [-0.05, 0) is 40.7 Å². The van der Waals surface area contributed by atoms with E-state index in [1.165, 1.54) is 11.3 Å². The molecule has 136 valence electrons. The van der Waals surface area contributed by atoms with Gasteiger partial charge in [0, 0.05) is 24.2 Å². The largest absolute Gasteiger partial charge is 0.408 e. The van der Waals surface area contributed by atoms with Crippen LogP contribution >= 0.6 is 22.9 Å². The Morgan fingerprint density at radius 1 is 1.12 bits per heavy atom. The highest BCUT2D eigenvalue weighted by Gasteiger charge is 2.15. The van der Waals surface area contributed by atoms with Crippen LogP contribution in [0.2, 0.25) is 0 Å². The van der Waals surface area contributed by atoms with Crippen molar-refractivity contribution >= 4 is 39.4 Å². The molecule has 25 heavy (non-hydrogen) atoms. The molecule has 0 radical (unpaired) electrons. The second-order valence-electron chi connectivity index (χ2n) is 5.30. The number of hydrogen-bond acceptors (Lipinski definition) is 7. The van der Waals surface area contributed by atoms with E-state index in [0.717, 1.165) is 5.69 Å². The van der Waals surface area contributed by atoms with E-state index in [4.69, 9.17) is 21.8 Å². The second kappa shape index (κ2) is 10.4. The van der Waals surface area contributed by atoms with Crippen molar-refractivity contribution in [3.05, 3.63) is 35.8 Å². The van der Waals surface area contributed by atoms with E-state index in [2.05, 4.69) is 10.2 Å². The second-order valence-corrected chi connectivity index (χ2v) is 6.48. The standard InChI is InChI=1S/C16H22ClN4O3S/c17-11-15(24)12-21-7-10-25-16(21)19-18-13-1-3-14(4-2-13)20(5-8-22)6-9-23/h1-4,7,10,15,22-24H,5-6,8-9,11-12H2/q+1. The van der Waals surface area contributed by atoms with Crippen molar-refractivity contribution in [3.63, 3.8) is 0 Å². The molecule has 1 unspecified atom stereocenters. The summed E-state index contributed by atoms with van der Waals surface area (Å²) in [6.45, 7) is 1.33. The fraction of sp³-hybridized carbons (Fsp3) is 0.438. The molecule has 0 saturated heterocycles. The maximum absolute atomic E-state index is 9.65. The Labute approximate surface area is 155 Å². The van der Waals surface area contributed by atoms with Crippen LogP contribution in [0, 0.1) is 0 Å². The maximum Gasteiger partial charge on any atom is 0.408 e. The molecule has 2 rings (SSSR count). The lowest BCUT2D eigenvalue weighted by Crippen LogP contribution is -2.38. The van der Waals surface area contributed by atoms with Gasteiger partial charge in [-0.15, -0.1) is 11.6 Å². The SMILES string of the molecule is OCCN(CCO)c1ccc(/N=N/c2scc[n+]2CC(O)CCl)cc1. The summed E-state index contributed by atoms with van der Waals surface area (Å²) in [6, 6.07) is 7.40. The number of azo groups is 1. The van der Waals surface area contributed by atoms with Gasteiger partial charge in [0.1, 0.15) is 24.5 Å². The van der Waals surface area contributed by atoms with E-state index in [1.54, 1.807) is 4.57 Å². The molecule has 0 saturated carbocycles. The molecule has 2 aromatic rings. The summed E-state index contributed by atoms with van der Waals surface area (Å²) < 4.78 is 1.81. The van der Waals surface area contributed by atoms with Crippen molar-refractivity contribution < 1.29 is 19.9 Å². The Balaban J connectivity index is 2.06. The molecule has 7 nitrogen and oxygen atoms in total. The third kappa shape index (κ3) is 6.02. The zero-order valence-corrected chi connectivity index (χ0v) is 15.3. The van der Waals surface area contributed by atoms with Crippen molar-refractivity contribution in [2.45, 2.75) is 12.6 Å². The summed E-state index contributed by atoms with van der Waals surface area (Å²) in [5.74, 6) is 0.166. The first-order valence-corrected chi connectivity index (χ1v) is 9.28. The molecule has 0 spiro atoms.